The number of halogens is 1. The van der Waals surface area contributed by atoms with E-state index in [1.807, 2.05) is 0 Å². The van der Waals surface area contributed by atoms with E-state index >= 15 is 0 Å². The van der Waals surface area contributed by atoms with Crippen LogP contribution in [0.15, 0.2) is 23.3 Å². The van der Waals surface area contributed by atoms with Gasteiger partial charge in [-0.05, 0) is 43.9 Å². The third-order valence-electron chi connectivity index (χ3n) is 4.86. The Labute approximate surface area is 172 Å². The smallest absolute Gasteiger partial charge is 0.329 e. The number of nitrogens with one attached hydrogen (secondary N) is 2. The lowest BCUT2D eigenvalue weighted by atomic mass is 10.00. The molecule has 0 atom stereocenters. The van der Waals surface area contributed by atoms with Crippen molar-refractivity contribution in [2.24, 2.45) is 5.10 Å². The molecule has 7 heteroatoms. The van der Waals surface area contributed by atoms with Gasteiger partial charge in [0.05, 0.1) is 12.1 Å². The number of hydrazone groups is 1. The molecule has 0 aromatic heterocycles. The summed E-state index contributed by atoms with van der Waals surface area (Å²) in [7, 11) is 1.51. The fourth-order valence-electron chi connectivity index (χ4n) is 3.24. The molecule has 1 aromatic rings. The fourth-order valence-corrected chi connectivity index (χ4v) is 3.50. The number of methoxy groups -OCH3 is 1. The Bertz CT molecular complexity index is 677. The summed E-state index contributed by atoms with van der Waals surface area (Å²) in [5, 5.41) is 7.10. The van der Waals surface area contributed by atoms with Gasteiger partial charge in [-0.25, -0.2) is 5.43 Å². The highest BCUT2D eigenvalue weighted by Crippen LogP contribution is 2.27. The maximum absolute atomic E-state index is 12.1. The van der Waals surface area contributed by atoms with Crippen molar-refractivity contribution in [3.63, 3.8) is 0 Å². The number of benzene rings is 1. The molecule has 0 heterocycles. The number of hydrogen-bond acceptors (Lipinski definition) is 4. The molecule has 0 unspecified atom stereocenters. The molecule has 1 aliphatic rings. The monoisotopic (exact) mass is 407 g/mol. The summed E-state index contributed by atoms with van der Waals surface area (Å²) in [5.41, 5.74) is 3.79. The Kier molecular flexibility index (Phi) is 9.83. The van der Waals surface area contributed by atoms with Crippen LogP contribution in [-0.4, -0.2) is 24.6 Å². The average molecular weight is 408 g/mol. The van der Waals surface area contributed by atoms with Crippen molar-refractivity contribution in [3.8, 4) is 5.75 Å². The molecule has 0 aliphatic heterocycles. The molecule has 1 aromatic carbocycles. The Morgan fingerprint density at radius 1 is 0.929 bits per heavy atom. The second kappa shape index (κ2) is 12.4. The van der Waals surface area contributed by atoms with Gasteiger partial charge in [0, 0.05) is 11.4 Å². The maximum atomic E-state index is 12.1. The van der Waals surface area contributed by atoms with Crippen LogP contribution < -0.4 is 15.5 Å². The zero-order chi connectivity index (χ0) is 20.2. The van der Waals surface area contributed by atoms with E-state index in [2.05, 4.69) is 15.8 Å². The highest BCUT2D eigenvalue weighted by atomic mass is 35.5. The molecule has 1 saturated carbocycles. The minimum atomic E-state index is -0.787. The Balaban J connectivity index is 1.87. The van der Waals surface area contributed by atoms with Crippen molar-refractivity contribution >= 4 is 34.8 Å². The molecule has 154 valence electrons. The van der Waals surface area contributed by atoms with Gasteiger partial charge in [-0.2, -0.15) is 5.10 Å². The summed E-state index contributed by atoms with van der Waals surface area (Å²) >= 11 is 6.03. The van der Waals surface area contributed by atoms with Crippen molar-refractivity contribution < 1.29 is 14.3 Å². The maximum Gasteiger partial charge on any atom is 0.329 e. The molecule has 0 spiro atoms. The SMILES string of the molecule is COc1ccc(NC(=O)C(=O)NN=C2CCCCCCCCCCC2)cc1Cl. The van der Waals surface area contributed by atoms with Crippen LogP contribution in [-0.2, 0) is 9.59 Å². The molecule has 1 fully saturated rings. The van der Waals surface area contributed by atoms with E-state index < -0.39 is 11.8 Å². The Morgan fingerprint density at radius 2 is 1.50 bits per heavy atom. The first-order valence-corrected chi connectivity index (χ1v) is 10.5. The molecule has 2 rings (SSSR count). The molecule has 0 saturated heterocycles. The van der Waals surface area contributed by atoms with Gasteiger partial charge < -0.3 is 10.1 Å². The standard InChI is InChI=1S/C21H30ClN3O3/c1-28-19-14-13-17(15-18(19)22)23-20(26)21(27)25-24-16-11-9-7-5-3-2-4-6-8-10-12-16/h13-15H,2-12H2,1H3,(H,23,26)(H,25,27). The van der Waals surface area contributed by atoms with E-state index in [1.54, 1.807) is 12.1 Å². The zero-order valence-corrected chi connectivity index (χ0v) is 17.3. The number of hydrogen-bond donors (Lipinski definition) is 2. The number of anilines is 1. The van der Waals surface area contributed by atoms with Gasteiger partial charge in [-0.1, -0.05) is 56.5 Å². The van der Waals surface area contributed by atoms with Gasteiger partial charge in [0.1, 0.15) is 5.75 Å². The topological polar surface area (TPSA) is 79.8 Å². The summed E-state index contributed by atoms with van der Waals surface area (Å²) in [6.45, 7) is 0. The quantitative estimate of drug-likeness (QED) is 0.542. The van der Waals surface area contributed by atoms with Crippen LogP contribution >= 0.6 is 11.6 Å². The van der Waals surface area contributed by atoms with E-state index in [0.29, 0.717) is 16.5 Å². The van der Waals surface area contributed by atoms with Gasteiger partial charge in [0.2, 0.25) is 0 Å². The van der Waals surface area contributed by atoms with E-state index in [9.17, 15) is 9.59 Å². The van der Waals surface area contributed by atoms with Crippen LogP contribution in [0.2, 0.25) is 5.02 Å². The Morgan fingerprint density at radius 3 is 2.04 bits per heavy atom. The summed E-state index contributed by atoms with van der Waals surface area (Å²) in [6, 6.07) is 4.78. The first-order chi connectivity index (χ1) is 13.6. The van der Waals surface area contributed by atoms with E-state index in [4.69, 9.17) is 16.3 Å². The second-order valence-corrected chi connectivity index (χ2v) is 7.51. The van der Waals surface area contributed by atoms with Crippen molar-refractivity contribution in [3.05, 3.63) is 23.2 Å². The third kappa shape index (κ3) is 7.89. The normalized spacial score (nSPS) is 16.3. The van der Waals surface area contributed by atoms with Crippen LogP contribution in [0.25, 0.3) is 0 Å². The van der Waals surface area contributed by atoms with E-state index in [1.165, 1.54) is 58.1 Å². The molecule has 6 nitrogen and oxygen atoms in total. The Hall–Kier alpha value is -2.08. The largest absolute Gasteiger partial charge is 0.495 e. The third-order valence-corrected chi connectivity index (χ3v) is 5.16. The first-order valence-electron chi connectivity index (χ1n) is 10.1. The van der Waals surface area contributed by atoms with Crippen LogP contribution in [0.5, 0.6) is 5.75 Å². The van der Waals surface area contributed by atoms with Gasteiger partial charge in [-0.3, -0.25) is 9.59 Å². The van der Waals surface area contributed by atoms with Crippen LogP contribution in [0.1, 0.15) is 70.6 Å². The van der Waals surface area contributed by atoms with Crippen LogP contribution in [0.3, 0.4) is 0 Å². The lowest BCUT2D eigenvalue weighted by Crippen LogP contribution is -2.33. The number of carbonyl (C=O) groups excluding carboxylic acids is 2. The molecule has 28 heavy (non-hydrogen) atoms. The van der Waals surface area contributed by atoms with E-state index in [-0.39, 0.29) is 0 Å². The minimum Gasteiger partial charge on any atom is -0.495 e. The molecular formula is C21H30ClN3O3. The summed E-state index contributed by atoms with van der Waals surface area (Å²) in [5.74, 6) is -1.07. The second-order valence-electron chi connectivity index (χ2n) is 7.10. The lowest BCUT2D eigenvalue weighted by molar-refractivity contribution is -0.136. The highest BCUT2D eigenvalue weighted by Gasteiger charge is 2.14. The van der Waals surface area contributed by atoms with Crippen molar-refractivity contribution in [2.45, 2.75) is 70.6 Å². The van der Waals surface area contributed by atoms with Crippen molar-refractivity contribution in [1.29, 1.82) is 0 Å². The molecule has 0 radical (unpaired) electrons. The summed E-state index contributed by atoms with van der Waals surface area (Å²) < 4.78 is 5.07. The number of ether oxygens (including phenoxy) is 1. The predicted octanol–water partition coefficient (Wildman–Crippen LogP) is 5.06. The number of nitrogens with zero attached hydrogens (tertiary/aromatic N) is 1. The number of amides is 2. The van der Waals surface area contributed by atoms with Crippen molar-refractivity contribution in [1.82, 2.24) is 5.43 Å². The summed E-state index contributed by atoms with van der Waals surface area (Å²) in [4.78, 5) is 24.2. The zero-order valence-electron chi connectivity index (χ0n) is 16.6. The molecular weight excluding hydrogens is 378 g/mol. The van der Waals surface area contributed by atoms with E-state index in [0.717, 1.165) is 31.4 Å². The van der Waals surface area contributed by atoms with Gasteiger partial charge in [0.15, 0.2) is 0 Å². The lowest BCUT2D eigenvalue weighted by Gasteiger charge is -2.10. The van der Waals surface area contributed by atoms with Gasteiger partial charge >= 0.3 is 11.8 Å². The summed E-state index contributed by atoms with van der Waals surface area (Å²) in [6.07, 6.45) is 12.7. The molecule has 2 amide bonds. The fraction of sp³-hybridized carbons (Fsp3) is 0.571. The van der Waals surface area contributed by atoms with Gasteiger partial charge in [-0.15, -0.1) is 0 Å². The van der Waals surface area contributed by atoms with Crippen molar-refractivity contribution in [2.75, 3.05) is 12.4 Å². The molecule has 2 N–H and O–H groups in total. The predicted molar refractivity (Wildman–Crippen MR) is 113 cm³/mol. The average Bonchev–Trinajstić information content (AvgIpc) is 2.67. The highest BCUT2D eigenvalue weighted by molar-refractivity contribution is 6.40. The van der Waals surface area contributed by atoms with Gasteiger partial charge in [0.25, 0.3) is 0 Å². The number of carbonyl (C=O) groups is 2. The number of rotatable bonds is 3. The van der Waals surface area contributed by atoms with Crippen LogP contribution in [0.4, 0.5) is 5.69 Å². The molecule has 0 bridgehead atoms. The molecule has 1 aliphatic carbocycles. The minimum absolute atomic E-state index is 0.356. The first kappa shape index (κ1) is 22.2. The van der Waals surface area contributed by atoms with Crippen LogP contribution in [0, 0.1) is 0 Å².